The molecule has 0 radical (unpaired) electrons. The molecule has 32 heavy (non-hydrogen) atoms. The number of anilines is 1. The molecule has 0 aromatic heterocycles. The van der Waals surface area contributed by atoms with Crippen molar-refractivity contribution in [2.75, 3.05) is 32.0 Å². The van der Waals surface area contributed by atoms with Crippen LogP contribution < -0.4 is 10.6 Å². The van der Waals surface area contributed by atoms with Crippen molar-refractivity contribution in [3.05, 3.63) is 65.7 Å². The van der Waals surface area contributed by atoms with Gasteiger partial charge in [0, 0.05) is 43.0 Å². The van der Waals surface area contributed by atoms with Crippen LogP contribution in [0.5, 0.6) is 0 Å². The SMILES string of the molecule is CC(C)NC(=O)Nc1ccc(C(=O)N2CCC(N(C)CCc3ccccc3)CC2)cc1.Cl. The summed E-state index contributed by atoms with van der Waals surface area (Å²) < 4.78 is 0. The molecule has 2 N–H and O–H groups in total. The second-order valence-electron chi connectivity index (χ2n) is 8.57. The zero-order valence-electron chi connectivity index (χ0n) is 19.2. The Labute approximate surface area is 197 Å². The average molecular weight is 459 g/mol. The Balaban J connectivity index is 0.00000363. The summed E-state index contributed by atoms with van der Waals surface area (Å²) in [5, 5.41) is 5.56. The van der Waals surface area contributed by atoms with Gasteiger partial charge in [0.25, 0.3) is 5.91 Å². The molecule has 1 aliphatic heterocycles. The normalized spacial score (nSPS) is 14.2. The molecule has 3 rings (SSSR count). The van der Waals surface area contributed by atoms with E-state index >= 15 is 0 Å². The molecule has 0 aliphatic carbocycles. The second-order valence-corrected chi connectivity index (χ2v) is 8.57. The number of rotatable bonds is 7. The van der Waals surface area contributed by atoms with E-state index in [1.54, 1.807) is 24.3 Å². The third kappa shape index (κ3) is 7.53. The minimum Gasteiger partial charge on any atom is -0.339 e. The fourth-order valence-electron chi connectivity index (χ4n) is 3.95. The van der Waals surface area contributed by atoms with Gasteiger partial charge in [-0.2, -0.15) is 0 Å². The van der Waals surface area contributed by atoms with Crippen molar-refractivity contribution < 1.29 is 9.59 Å². The number of likely N-dealkylation sites (N-methyl/N-ethyl adjacent to an activating group) is 1. The van der Waals surface area contributed by atoms with Crippen molar-refractivity contribution in [2.24, 2.45) is 0 Å². The van der Waals surface area contributed by atoms with Gasteiger partial charge in [-0.1, -0.05) is 30.3 Å². The number of hydrogen-bond acceptors (Lipinski definition) is 3. The first-order chi connectivity index (χ1) is 14.9. The predicted octanol–water partition coefficient (Wildman–Crippen LogP) is 4.42. The Morgan fingerprint density at radius 3 is 2.25 bits per heavy atom. The lowest BCUT2D eigenvalue weighted by Gasteiger charge is -2.37. The largest absolute Gasteiger partial charge is 0.339 e. The molecule has 3 amide bonds. The molecule has 0 atom stereocenters. The molecule has 0 unspecified atom stereocenters. The fourth-order valence-corrected chi connectivity index (χ4v) is 3.95. The van der Waals surface area contributed by atoms with Crippen molar-refractivity contribution >= 4 is 30.0 Å². The van der Waals surface area contributed by atoms with Gasteiger partial charge in [-0.05, 0) is 70.0 Å². The summed E-state index contributed by atoms with van der Waals surface area (Å²) in [6.45, 7) is 6.39. The average Bonchev–Trinajstić information content (AvgIpc) is 2.78. The van der Waals surface area contributed by atoms with E-state index < -0.39 is 0 Å². The Hall–Kier alpha value is -2.57. The first-order valence-electron chi connectivity index (χ1n) is 11.1. The van der Waals surface area contributed by atoms with Gasteiger partial charge in [0.1, 0.15) is 0 Å². The van der Waals surface area contributed by atoms with Crippen molar-refractivity contribution in [1.29, 1.82) is 0 Å². The lowest BCUT2D eigenvalue weighted by Crippen LogP contribution is -2.46. The van der Waals surface area contributed by atoms with Crippen LogP contribution in [-0.4, -0.2) is 60.5 Å². The van der Waals surface area contributed by atoms with Gasteiger partial charge in [-0.25, -0.2) is 4.79 Å². The number of halogens is 1. The van der Waals surface area contributed by atoms with E-state index in [9.17, 15) is 9.59 Å². The number of nitrogens with one attached hydrogen (secondary N) is 2. The number of benzene rings is 2. The van der Waals surface area contributed by atoms with Gasteiger partial charge >= 0.3 is 6.03 Å². The number of carbonyl (C=O) groups excluding carboxylic acids is 2. The standard InChI is InChI=1S/C25H34N4O2.ClH/c1-19(2)26-25(31)27-22-11-9-21(10-12-22)24(30)29-17-14-23(15-18-29)28(3)16-13-20-7-5-4-6-8-20;/h4-12,19,23H,13-18H2,1-3H3,(H2,26,27,31);1H. The third-order valence-corrected chi connectivity index (χ3v) is 5.78. The van der Waals surface area contributed by atoms with Crippen LogP contribution in [-0.2, 0) is 6.42 Å². The molecule has 7 heteroatoms. The van der Waals surface area contributed by atoms with Crippen LogP contribution in [0, 0.1) is 0 Å². The fraction of sp³-hybridized carbons (Fsp3) is 0.440. The summed E-state index contributed by atoms with van der Waals surface area (Å²) in [6, 6.07) is 18.0. The summed E-state index contributed by atoms with van der Waals surface area (Å²) in [7, 11) is 2.19. The Morgan fingerprint density at radius 2 is 1.66 bits per heavy atom. The summed E-state index contributed by atoms with van der Waals surface area (Å²) in [6.07, 6.45) is 3.03. The van der Waals surface area contributed by atoms with E-state index in [-0.39, 0.29) is 30.4 Å². The molecule has 6 nitrogen and oxygen atoms in total. The number of hydrogen-bond donors (Lipinski definition) is 2. The number of amides is 3. The number of carbonyl (C=O) groups is 2. The maximum Gasteiger partial charge on any atom is 0.319 e. The monoisotopic (exact) mass is 458 g/mol. The van der Waals surface area contributed by atoms with Crippen LogP contribution in [0.15, 0.2) is 54.6 Å². The highest BCUT2D eigenvalue weighted by molar-refractivity contribution is 5.95. The summed E-state index contributed by atoms with van der Waals surface area (Å²) in [5.74, 6) is 0.0589. The molecule has 1 heterocycles. The van der Waals surface area contributed by atoms with E-state index in [1.165, 1.54) is 5.56 Å². The molecule has 1 aliphatic rings. The van der Waals surface area contributed by atoms with Crippen LogP contribution in [0.1, 0.15) is 42.6 Å². The molecule has 1 saturated heterocycles. The Morgan fingerprint density at radius 1 is 1.03 bits per heavy atom. The van der Waals surface area contributed by atoms with Crippen molar-refractivity contribution in [3.8, 4) is 0 Å². The van der Waals surface area contributed by atoms with E-state index in [1.807, 2.05) is 24.8 Å². The summed E-state index contributed by atoms with van der Waals surface area (Å²) >= 11 is 0. The van der Waals surface area contributed by atoms with Gasteiger partial charge in [-0.3, -0.25) is 4.79 Å². The zero-order chi connectivity index (χ0) is 22.2. The van der Waals surface area contributed by atoms with Crippen molar-refractivity contribution in [2.45, 2.75) is 45.2 Å². The lowest BCUT2D eigenvalue weighted by atomic mass is 10.0. The van der Waals surface area contributed by atoms with E-state index in [2.05, 4.69) is 46.8 Å². The second kappa shape index (κ2) is 12.5. The molecular weight excluding hydrogens is 424 g/mol. The third-order valence-electron chi connectivity index (χ3n) is 5.78. The summed E-state index contributed by atoms with van der Waals surface area (Å²) in [4.78, 5) is 29.0. The number of urea groups is 1. The van der Waals surface area contributed by atoms with E-state index in [0.717, 1.165) is 38.9 Å². The van der Waals surface area contributed by atoms with Gasteiger partial charge < -0.3 is 20.4 Å². The smallest absolute Gasteiger partial charge is 0.319 e. The predicted molar refractivity (Wildman–Crippen MR) is 133 cm³/mol. The topological polar surface area (TPSA) is 64.7 Å². The van der Waals surface area contributed by atoms with Gasteiger partial charge in [0.2, 0.25) is 0 Å². The molecule has 0 spiro atoms. The number of piperidine rings is 1. The molecular formula is C25H35ClN4O2. The van der Waals surface area contributed by atoms with Gasteiger partial charge in [0.05, 0.1) is 0 Å². The maximum absolute atomic E-state index is 12.9. The highest BCUT2D eigenvalue weighted by Gasteiger charge is 2.25. The number of likely N-dealkylation sites (tertiary alicyclic amines) is 1. The van der Waals surface area contributed by atoms with Crippen LogP contribution in [0.25, 0.3) is 0 Å². The first-order valence-corrected chi connectivity index (χ1v) is 11.1. The molecule has 1 fully saturated rings. The summed E-state index contributed by atoms with van der Waals surface area (Å²) in [5.41, 5.74) is 2.70. The molecule has 2 aromatic rings. The Kier molecular flexibility index (Phi) is 10.0. The number of nitrogens with zero attached hydrogens (tertiary/aromatic N) is 2. The van der Waals surface area contributed by atoms with Crippen molar-refractivity contribution in [1.82, 2.24) is 15.1 Å². The highest BCUT2D eigenvalue weighted by Crippen LogP contribution is 2.19. The van der Waals surface area contributed by atoms with Crippen LogP contribution in [0.3, 0.4) is 0 Å². The van der Waals surface area contributed by atoms with Crippen LogP contribution in [0.4, 0.5) is 10.5 Å². The lowest BCUT2D eigenvalue weighted by molar-refractivity contribution is 0.0647. The highest BCUT2D eigenvalue weighted by atomic mass is 35.5. The quantitative estimate of drug-likeness (QED) is 0.645. The van der Waals surface area contributed by atoms with Crippen molar-refractivity contribution in [3.63, 3.8) is 0 Å². The minimum absolute atomic E-state index is 0. The zero-order valence-corrected chi connectivity index (χ0v) is 20.0. The minimum atomic E-state index is -0.243. The van der Waals surface area contributed by atoms with Gasteiger partial charge in [-0.15, -0.1) is 12.4 Å². The van der Waals surface area contributed by atoms with Crippen LogP contribution in [0.2, 0.25) is 0 Å². The molecule has 0 bridgehead atoms. The maximum atomic E-state index is 12.9. The van der Waals surface area contributed by atoms with E-state index in [0.29, 0.717) is 17.3 Å². The first kappa shape index (κ1) is 25.7. The van der Waals surface area contributed by atoms with Gasteiger partial charge in [0.15, 0.2) is 0 Å². The van der Waals surface area contributed by atoms with E-state index in [4.69, 9.17) is 0 Å². The molecule has 174 valence electrons. The molecule has 2 aromatic carbocycles. The van der Waals surface area contributed by atoms with Crippen LogP contribution >= 0.6 is 12.4 Å². The Bertz CT molecular complexity index is 850. The molecule has 0 saturated carbocycles.